The van der Waals surface area contributed by atoms with Gasteiger partial charge in [0.2, 0.25) is 0 Å². The van der Waals surface area contributed by atoms with E-state index in [1.54, 1.807) is 0 Å². The van der Waals surface area contributed by atoms with Gasteiger partial charge in [0.25, 0.3) is 0 Å². The highest BCUT2D eigenvalue weighted by Crippen LogP contribution is 2.18. The van der Waals surface area contributed by atoms with Crippen molar-refractivity contribution in [1.82, 2.24) is 5.32 Å². The van der Waals surface area contributed by atoms with Gasteiger partial charge in [-0.3, -0.25) is 0 Å². The molecule has 0 rings (SSSR count). The molecule has 0 aromatic heterocycles. The molecule has 0 bridgehead atoms. The van der Waals surface area contributed by atoms with E-state index < -0.39 is 12.6 Å². The Labute approximate surface area is 84.1 Å². The zero-order valence-electron chi connectivity index (χ0n) is 8.95. The van der Waals surface area contributed by atoms with Gasteiger partial charge >= 0.3 is 6.18 Å². The fourth-order valence-electron chi connectivity index (χ4n) is 1.46. The second-order valence-electron chi connectivity index (χ2n) is 3.59. The Kier molecular flexibility index (Phi) is 6.97. The summed E-state index contributed by atoms with van der Waals surface area (Å²) in [4.78, 5) is 0. The smallest absolute Gasteiger partial charge is 0.314 e. The summed E-state index contributed by atoms with van der Waals surface area (Å²) in [6.07, 6.45) is -0.794. The molecule has 0 atom stereocenters. The molecule has 0 saturated heterocycles. The molecule has 0 aliphatic rings. The van der Waals surface area contributed by atoms with E-state index in [0.717, 1.165) is 25.7 Å². The maximum atomic E-state index is 11.8. The number of alkyl halides is 3. The van der Waals surface area contributed by atoms with Gasteiger partial charge in [0.1, 0.15) is 0 Å². The summed E-state index contributed by atoms with van der Waals surface area (Å²) in [5.41, 5.74) is 0. The summed E-state index contributed by atoms with van der Waals surface area (Å²) in [6, 6.07) is 0.257. The second-order valence-corrected chi connectivity index (χ2v) is 3.59. The van der Waals surface area contributed by atoms with E-state index in [2.05, 4.69) is 5.32 Å². The first kappa shape index (κ1) is 13.8. The van der Waals surface area contributed by atoms with Crippen molar-refractivity contribution in [1.29, 1.82) is 0 Å². The van der Waals surface area contributed by atoms with Crippen LogP contribution in [0.2, 0.25) is 0 Å². The van der Waals surface area contributed by atoms with Crippen LogP contribution in [0, 0.1) is 0 Å². The lowest BCUT2D eigenvalue weighted by Gasteiger charge is -2.17. The Morgan fingerprint density at radius 1 is 1.07 bits per heavy atom. The average molecular weight is 211 g/mol. The van der Waals surface area contributed by atoms with Crippen LogP contribution in [-0.4, -0.2) is 18.8 Å². The lowest BCUT2D eigenvalue weighted by atomic mass is 10.1. The Balaban J connectivity index is 3.60. The van der Waals surface area contributed by atoms with E-state index in [9.17, 15) is 13.2 Å². The Morgan fingerprint density at radius 3 is 1.93 bits per heavy atom. The predicted octanol–water partition coefficient (Wildman–Crippen LogP) is 3.50. The second kappa shape index (κ2) is 7.10. The molecular weight excluding hydrogens is 191 g/mol. The highest BCUT2D eigenvalue weighted by Gasteiger charge is 2.26. The minimum atomic E-state index is -4.03. The molecule has 0 aliphatic carbocycles. The van der Waals surface area contributed by atoms with Crippen LogP contribution in [0.15, 0.2) is 0 Å². The molecule has 4 heteroatoms. The van der Waals surface area contributed by atoms with Crippen molar-refractivity contribution in [2.24, 2.45) is 0 Å². The van der Waals surface area contributed by atoms with Crippen molar-refractivity contribution >= 4 is 0 Å². The average Bonchev–Trinajstić information content (AvgIpc) is 2.02. The number of hydrogen-bond donors (Lipinski definition) is 1. The molecular formula is C10H20F3N. The van der Waals surface area contributed by atoms with Gasteiger partial charge in [-0.25, -0.2) is 0 Å². The quantitative estimate of drug-likeness (QED) is 0.679. The molecule has 0 heterocycles. The molecule has 1 N–H and O–H groups in total. The van der Waals surface area contributed by atoms with Crippen molar-refractivity contribution in [2.45, 2.75) is 58.2 Å². The van der Waals surface area contributed by atoms with Gasteiger partial charge in [-0.05, 0) is 12.8 Å². The zero-order chi connectivity index (χ0) is 11.0. The third-order valence-electron chi connectivity index (χ3n) is 2.12. The summed E-state index contributed by atoms with van der Waals surface area (Å²) in [7, 11) is 0. The van der Waals surface area contributed by atoms with Gasteiger partial charge in [0.05, 0.1) is 6.42 Å². The lowest BCUT2D eigenvalue weighted by Crippen LogP contribution is -2.32. The van der Waals surface area contributed by atoms with Gasteiger partial charge in [-0.15, -0.1) is 0 Å². The van der Waals surface area contributed by atoms with Gasteiger partial charge in [-0.1, -0.05) is 26.7 Å². The van der Waals surface area contributed by atoms with Crippen LogP contribution in [-0.2, 0) is 0 Å². The molecule has 86 valence electrons. The number of halogens is 3. The summed E-state index contributed by atoms with van der Waals surface area (Å²) in [5, 5.41) is 2.96. The number of nitrogens with one attached hydrogen (secondary N) is 1. The standard InChI is InChI=1S/C10H20F3N/c1-3-5-9(6-4-2)14-8-7-10(11,12)13/h9,14H,3-8H2,1-2H3. The monoisotopic (exact) mass is 211 g/mol. The largest absolute Gasteiger partial charge is 0.390 e. The summed E-state index contributed by atoms with van der Waals surface area (Å²) >= 11 is 0. The van der Waals surface area contributed by atoms with Crippen LogP contribution in [0.3, 0.4) is 0 Å². The normalized spacial score (nSPS) is 12.4. The van der Waals surface area contributed by atoms with Gasteiger partial charge < -0.3 is 5.32 Å². The molecule has 0 spiro atoms. The molecule has 0 fully saturated rings. The summed E-state index contributed by atoms with van der Waals surface area (Å²) in [6.45, 7) is 4.15. The first-order valence-corrected chi connectivity index (χ1v) is 5.29. The highest BCUT2D eigenvalue weighted by atomic mass is 19.4. The third kappa shape index (κ3) is 8.35. The maximum Gasteiger partial charge on any atom is 0.390 e. The van der Waals surface area contributed by atoms with Gasteiger partial charge in [-0.2, -0.15) is 13.2 Å². The van der Waals surface area contributed by atoms with Crippen molar-refractivity contribution in [2.75, 3.05) is 6.54 Å². The minimum absolute atomic E-state index is 0.0498. The number of hydrogen-bond acceptors (Lipinski definition) is 1. The Hall–Kier alpha value is -0.250. The summed E-state index contributed by atoms with van der Waals surface area (Å²) < 4.78 is 35.5. The Morgan fingerprint density at radius 2 is 1.57 bits per heavy atom. The lowest BCUT2D eigenvalue weighted by molar-refractivity contribution is -0.133. The zero-order valence-corrected chi connectivity index (χ0v) is 8.95. The molecule has 14 heavy (non-hydrogen) atoms. The van der Waals surface area contributed by atoms with Crippen LogP contribution in [0.4, 0.5) is 13.2 Å². The Bertz CT molecular complexity index is 128. The SMILES string of the molecule is CCCC(CCC)NCCC(F)(F)F. The molecule has 1 nitrogen and oxygen atoms in total. The fourth-order valence-corrected chi connectivity index (χ4v) is 1.46. The van der Waals surface area contributed by atoms with Crippen LogP contribution in [0.5, 0.6) is 0 Å². The highest BCUT2D eigenvalue weighted by molar-refractivity contribution is 4.66. The van der Waals surface area contributed by atoms with Crippen molar-refractivity contribution < 1.29 is 13.2 Å². The van der Waals surface area contributed by atoms with E-state index >= 15 is 0 Å². The van der Waals surface area contributed by atoms with Crippen LogP contribution < -0.4 is 5.32 Å². The van der Waals surface area contributed by atoms with E-state index in [1.807, 2.05) is 13.8 Å². The maximum absolute atomic E-state index is 11.8. The van der Waals surface area contributed by atoms with Crippen molar-refractivity contribution in [3.8, 4) is 0 Å². The minimum Gasteiger partial charge on any atom is -0.314 e. The van der Waals surface area contributed by atoms with E-state index in [0.29, 0.717) is 0 Å². The van der Waals surface area contributed by atoms with Crippen LogP contribution in [0.1, 0.15) is 46.0 Å². The molecule has 0 aliphatic heterocycles. The fraction of sp³-hybridized carbons (Fsp3) is 1.00. The van der Waals surface area contributed by atoms with Gasteiger partial charge in [0, 0.05) is 12.6 Å². The topological polar surface area (TPSA) is 12.0 Å². The van der Waals surface area contributed by atoms with E-state index in [4.69, 9.17) is 0 Å². The first-order valence-electron chi connectivity index (χ1n) is 5.29. The van der Waals surface area contributed by atoms with Crippen LogP contribution in [0.25, 0.3) is 0 Å². The third-order valence-corrected chi connectivity index (χ3v) is 2.12. The predicted molar refractivity (Wildman–Crippen MR) is 52.3 cm³/mol. The van der Waals surface area contributed by atoms with E-state index in [1.165, 1.54) is 0 Å². The molecule has 0 amide bonds. The first-order chi connectivity index (χ1) is 6.49. The number of rotatable bonds is 7. The molecule has 0 aromatic carbocycles. The van der Waals surface area contributed by atoms with Crippen molar-refractivity contribution in [3.63, 3.8) is 0 Å². The molecule has 0 saturated carbocycles. The summed E-state index contributed by atoms with van der Waals surface area (Å²) in [5.74, 6) is 0. The van der Waals surface area contributed by atoms with Crippen LogP contribution >= 0.6 is 0 Å². The molecule has 0 aromatic rings. The van der Waals surface area contributed by atoms with E-state index in [-0.39, 0.29) is 12.6 Å². The van der Waals surface area contributed by atoms with Crippen molar-refractivity contribution in [3.05, 3.63) is 0 Å². The molecule has 0 unspecified atom stereocenters. The molecule has 0 radical (unpaired) electrons. The van der Waals surface area contributed by atoms with Gasteiger partial charge in [0.15, 0.2) is 0 Å².